The molecule has 0 aliphatic carbocycles. The van der Waals surface area contributed by atoms with Crippen molar-refractivity contribution in [1.29, 1.82) is 0 Å². The fourth-order valence-corrected chi connectivity index (χ4v) is 3.16. The number of ether oxygens (including phenoxy) is 1. The fraction of sp³-hybridized carbons (Fsp3) is 0.308. The first-order valence-corrected chi connectivity index (χ1v) is 8.56. The van der Waals surface area contributed by atoms with E-state index in [2.05, 4.69) is 20.3 Å². The van der Waals surface area contributed by atoms with E-state index in [1.165, 1.54) is 0 Å². The van der Waals surface area contributed by atoms with Crippen LogP contribution in [0.15, 0.2) is 16.0 Å². The molecule has 0 radical (unpaired) electrons. The molecule has 2 heterocycles. The summed E-state index contributed by atoms with van der Waals surface area (Å²) in [6.45, 7) is 3.60. The van der Waals surface area contributed by atoms with E-state index in [9.17, 15) is 19.5 Å². The highest BCUT2D eigenvalue weighted by Gasteiger charge is 2.17. The van der Waals surface area contributed by atoms with Crippen molar-refractivity contribution in [1.82, 2.24) is 15.0 Å². The molecular formula is C13H14N4O5S2. The first-order chi connectivity index (χ1) is 11.4. The van der Waals surface area contributed by atoms with Crippen LogP contribution in [0, 0.1) is 6.92 Å². The van der Waals surface area contributed by atoms with Crippen LogP contribution in [0.5, 0.6) is 5.88 Å². The van der Waals surface area contributed by atoms with Gasteiger partial charge in [-0.05, 0) is 13.8 Å². The van der Waals surface area contributed by atoms with Crippen molar-refractivity contribution in [3.63, 3.8) is 0 Å². The maximum absolute atomic E-state index is 11.9. The fourth-order valence-electron chi connectivity index (χ4n) is 1.62. The summed E-state index contributed by atoms with van der Waals surface area (Å²) < 4.78 is 4.90. The number of nitrogens with one attached hydrogen (secondary N) is 2. The number of hydrogen-bond acceptors (Lipinski definition) is 9. The van der Waals surface area contributed by atoms with Crippen LogP contribution < -0.4 is 10.9 Å². The van der Waals surface area contributed by atoms with Gasteiger partial charge < -0.3 is 20.1 Å². The Labute approximate surface area is 144 Å². The van der Waals surface area contributed by atoms with Gasteiger partial charge in [0.1, 0.15) is 4.88 Å². The lowest BCUT2D eigenvalue weighted by atomic mass is 10.4. The monoisotopic (exact) mass is 370 g/mol. The Kier molecular flexibility index (Phi) is 5.93. The molecule has 2 rings (SSSR count). The van der Waals surface area contributed by atoms with Crippen molar-refractivity contribution in [3.8, 4) is 5.88 Å². The number of nitrogens with zero attached hydrogens (tertiary/aromatic N) is 2. The zero-order valence-corrected chi connectivity index (χ0v) is 14.4. The summed E-state index contributed by atoms with van der Waals surface area (Å²) in [5.41, 5.74) is -0.0413. The van der Waals surface area contributed by atoms with Gasteiger partial charge in [0.2, 0.25) is 11.8 Å². The number of aromatic nitrogens is 3. The zero-order valence-electron chi connectivity index (χ0n) is 12.8. The van der Waals surface area contributed by atoms with Gasteiger partial charge in [-0.25, -0.2) is 9.78 Å². The molecule has 0 unspecified atom stereocenters. The van der Waals surface area contributed by atoms with E-state index in [1.54, 1.807) is 13.8 Å². The summed E-state index contributed by atoms with van der Waals surface area (Å²) in [4.78, 5) is 45.3. The summed E-state index contributed by atoms with van der Waals surface area (Å²) in [7, 11) is 0. The van der Waals surface area contributed by atoms with Gasteiger partial charge in [0.25, 0.3) is 5.56 Å². The first kappa shape index (κ1) is 17.9. The minimum absolute atomic E-state index is 0.0558. The average molecular weight is 370 g/mol. The number of rotatable bonds is 6. The predicted octanol–water partition coefficient (Wildman–Crippen LogP) is 1.15. The molecule has 3 N–H and O–H groups in total. The molecule has 0 atom stereocenters. The third-order valence-corrected chi connectivity index (χ3v) is 4.48. The van der Waals surface area contributed by atoms with Gasteiger partial charge >= 0.3 is 5.97 Å². The van der Waals surface area contributed by atoms with Crippen molar-refractivity contribution >= 4 is 40.1 Å². The molecule has 0 saturated carbocycles. The standard InChI is InChI=1S/C13H14N4O5S2/c1-3-22-11(21)10-6(2)14-13(24-10)17-9(20)5-23-12-15-7(18)4-8(19)16-12/h4H,3,5H2,1-2H3,(H,14,17,20)(H2,15,16,18,19). The largest absolute Gasteiger partial charge is 0.493 e. The molecule has 0 aliphatic rings. The Morgan fingerprint density at radius 1 is 1.46 bits per heavy atom. The van der Waals surface area contributed by atoms with Crippen molar-refractivity contribution in [2.45, 2.75) is 19.0 Å². The van der Waals surface area contributed by atoms with Crippen molar-refractivity contribution in [2.24, 2.45) is 0 Å². The number of thioether (sulfide) groups is 1. The van der Waals surface area contributed by atoms with Crippen LogP contribution in [0.3, 0.4) is 0 Å². The molecule has 9 nitrogen and oxygen atoms in total. The Morgan fingerprint density at radius 2 is 2.21 bits per heavy atom. The number of aryl methyl sites for hydroxylation is 1. The first-order valence-electron chi connectivity index (χ1n) is 6.76. The molecular weight excluding hydrogens is 356 g/mol. The number of carbonyl (C=O) groups excluding carboxylic acids is 2. The van der Waals surface area contributed by atoms with Crippen LogP contribution >= 0.6 is 23.1 Å². The summed E-state index contributed by atoms with van der Waals surface area (Å²) in [6.07, 6.45) is 0. The second kappa shape index (κ2) is 7.93. The lowest BCUT2D eigenvalue weighted by molar-refractivity contribution is -0.113. The van der Waals surface area contributed by atoms with Gasteiger partial charge in [0.05, 0.1) is 24.1 Å². The summed E-state index contributed by atoms with van der Waals surface area (Å²) in [5, 5.41) is 12.2. The molecule has 0 bridgehead atoms. The molecule has 0 aliphatic heterocycles. The Hall–Kier alpha value is -2.40. The number of amides is 1. The van der Waals surface area contributed by atoms with Crippen LogP contribution in [0.1, 0.15) is 22.3 Å². The topological polar surface area (TPSA) is 134 Å². The Morgan fingerprint density at radius 3 is 2.88 bits per heavy atom. The number of carbonyl (C=O) groups is 2. The molecule has 128 valence electrons. The van der Waals surface area contributed by atoms with Gasteiger partial charge in [-0.15, -0.1) is 0 Å². The Balaban J connectivity index is 1.96. The molecule has 0 fully saturated rings. The normalized spacial score (nSPS) is 10.4. The number of hydrogen-bond donors (Lipinski definition) is 3. The van der Waals surface area contributed by atoms with E-state index in [1.807, 2.05) is 0 Å². The lowest BCUT2D eigenvalue weighted by Gasteiger charge is -2.01. The second-order valence-electron chi connectivity index (χ2n) is 4.40. The SMILES string of the molecule is CCOC(=O)c1sc(NC(=O)CSc2nc(O)cc(=O)[nH]2)nc1C. The van der Waals surface area contributed by atoms with Crippen LogP contribution in [0.2, 0.25) is 0 Å². The maximum Gasteiger partial charge on any atom is 0.350 e. The lowest BCUT2D eigenvalue weighted by Crippen LogP contribution is -2.15. The van der Waals surface area contributed by atoms with Crippen LogP contribution in [-0.4, -0.2) is 44.3 Å². The van der Waals surface area contributed by atoms with Crippen molar-refractivity contribution in [2.75, 3.05) is 17.7 Å². The number of aromatic amines is 1. The summed E-state index contributed by atoms with van der Waals surface area (Å²) >= 11 is 1.97. The third-order valence-electron chi connectivity index (χ3n) is 2.55. The van der Waals surface area contributed by atoms with Crippen molar-refractivity contribution in [3.05, 3.63) is 27.0 Å². The van der Waals surface area contributed by atoms with E-state index in [4.69, 9.17) is 4.74 Å². The van der Waals surface area contributed by atoms with Crippen LogP contribution in [-0.2, 0) is 9.53 Å². The molecule has 0 saturated heterocycles. The quantitative estimate of drug-likeness (QED) is 0.391. The number of H-pyrrole nitrogens is 1. The highest BCUT2D eigenvalue weighted by molar-refractivity contribution is 7.99. The molecule has 0 spiro atoms. The average Bonchev–Trinajstić information content (AvgIpc) is 2.85. The molecule has 11 heteroatoms. The second-order valence-corrected chi connectivity index (χ2v) is 6.36. The minimum atomic E-state index is -0.514. The van der Waals surface area contributed by atoms with E-state index >= 15 is 0 Å². The molecule has 0 aromatic carbocycles. The van der Waals surface area contributed by atoms with Gasteiger partial charge in [-0.1, -0.05) is 23.1 Å². The third kappa shape index (κ3) is 4.80. The van der Waals surface area contributed by atoms with E-state index in [0.717, 1.165) is 29.2 Å². The van der Waals surface area contributed by atoms with Gasteiger partial charge in [-0.3, -0.25) is 9.59 Å². The molecule has 2 aromatic heterocycles. The van der Waals surface area contributed by atoms with E-state index < -0.39 is 23.3 Å². The van der Waals surface area contributed by atoms with Gasteiger partial charge in [0, 0.05) is 0 Å². The van der Waals surface area contributed by atoms with Gasteiger partial charge in [-0.2, -0.15) is 4.98 Å². The maximum atomic E-state index is 11.9. The smallest absolute Gasteiger partial charge is 0.350 e. The van der Waals surface area contributed by atoms with Crippen LogP contribution in [0.25, 0.3) is 0 Å². The van der Waals surface area contributed by atoms with Crippen LogP contribution in [0.4, 0.5) is 5.13 Å². The van der Waals surface area contributed by atoms with Gasteiger partial charge in [0.15, 0.2) is 10.3 Å². The Bertz CT molecular complexity index is 817. The molecule has 1 amide bonds. The highest BCUT2D eigenvalue weighted by Crippen LogP contribution is 2.24. The minimum Gasteiger partial charge on any atom is -0.493 e. The molecule has 2 aromatic rings. The van der Waals surface area contributed by atoms with Crippen molar-refractivity contribution < 1.29 is 19.4 Å². The zero-order chi connectivity index (χ0) is 17.7. The number of thiazole rings is 1. The number of anilines is 1. The summed E-state index contributed by atoms with van der Waals surface area (Å²) in [5.74, 6) is -1.35. The molecule has 24 heavy (non-hydrogen) atoms. The van der Waals surface area contributed by atoms with E-state index in [-0.39, 0.29) is 22.6 Å². The summed E-state index contributed by atoms with van der Waals surface area (Å²) in [6, 6.07) is 0.930. The number of esters is 1. The predicted molar refractivity (Wildman–Crippen MR) is 88.7 cm³/mol. The number of aromatic hydroxyl groups is 1. The highest BCUT2D eigenvalue weighted by atomic mass is 32.2. The van der Waals surface area contributed by atoms with E-state index in [0.29, 0.717) is 10.6 Å².